The van der Waals surface area contributed by atoms with Gasteiger partial charge in [-0.05, 0) is 56.6 Å². The van der Waals surface area contributed by atoms with E-state index in [1.807, 2.05) is 23.3 Å². The molecule has 10 heteroatoms. The van der Waals surface area contributed by atoms with Crippen molar-refractivity contribution in [3.8, 4) is 5.75 Å². The molecule has 2 aromatic heterocycles. The normalized spacial score (nSPS) is 19.2. The van der Waals surface area contributed by atoms with Crippen LogP contribution in [-0.2, 0) is 0 Å². The fourth-order valence-electron chi connectivity index (χ4n) is 5.15. The average Bonchev–Trinajstić information content (AvgIpc) is 3.36. The molecule has 178 valence electrons. The first kappa shape index (κ1) is 22.3. The summed E-state index contributed by atoms with van der Waals surface area (Å²) in [6.45, 7) is 5.13. The molecule has 1 aromatic carbocycles. The van der Waals surface area contributed by atoms with Crippen molar-refractivity contribution in [2.75, 3.05) is 38.3 Å². The molecular weight excluding hydrogens is 450 g/mol. The van der Waals surface area contributed by atoms with Crippen LogP contribution in [0.3, 0.4) is 0 Å². The minimum Gasteiger partial charge on any atom is -0.492 e. The summed E-state index contributed by atoms with van der Waals surface area (Å²) in [6.07, 6.45) is 2.67. The largest absolute Gasteiger partial charge is 0.492 e. The van der Waals surface area contributed by atoms with Crippen LogP contribution in [0.5, 0.6) is 5.75 Å². The molecule has 7 nitrogen and oxygen atoms in total. The van der Waals surface area contributed by atoms with E-state index in [1.165, 1.54) is 13.2 Å². The molecule has 33 heavy (non-hydrogen) atoms. The Hall–Kier alpha value is -2.46. The number of rotatable bonds is 7. The van der Waals surface area contributed by atoms with Gasteiger partial charge in [-0.25, -0.2) is 8.78 Å². The van der Waals surface area contributed by atoms with Gasteiger partial charge in [0.15, 0.2) is 11.6 Å². The van der Waals surface area contributed by atoms with Gasteiger partial charge in [-0.2, -0.15) is 0 Å². The van der Waals surface area contributed by atoms with Crippen molar-refractivity contribution in [3.63, 3.8) is 0 Å². The number of nitrogens with zero attached hydrogens (tertiary/aromatic N) is 2. The maximum atomic E-state index is 15.6. The summed E-state index contributed by atoms with van der Waals surface area (Å²) < 4.78 is 38.7. The van der Waals surface area contributed by atoms with Gasteiger partial charge in [-0.3, -0.25) is 14.0 Å². The second kappa shape index (κ2) is 8.09. The van der Waals surface area contributed by atoms with Crippen molar-refractivity contribution >= 4 is 38.3 Å². The van der Waals surface area contributed by atoms with E-state index in [9.17, 15) is 14.0 Å². The molecule has 1 aliphatic carbocycles. The molecule has 3 heterocycles. The highest BCUT2D eigenvalue weighted by Gasteiger charge is 2.38. The number of ether oxygens (including phenoxy) is 1. The molecule has 5 rings (SSSR count). The minimum atomic E-state index is -0.542. The minimum absolute atomic E-state index is 0.0792. The fraction of sp³-hybridized carbons (Fsp3) is 0.565. The van der Waals surface area contributed by atoms with Crippen LogP contribution in [0.4, 0.5) is 14.5 Å². The van der Waals surface area contributed by atoms with Gasteiger partial charge in [0, 0.05) is 31.2 Å². The summed E-state index contributed by atoms with van der Waals surface area (Å²) in [4.78, 5) is 28.1. The van der Waals surface area contributed by atoms with Crippen LogP contribution >= 0.6 is 11.5 Å². The van der Waals surface area contributed by atoms with Crippen LogP contribution < -0.4 is 25.9 Å². The van der Waals surface area contributed by atoms with Crippen LogP contribution in [0.15, 0.2) is 15.7 Å². The SMILES string of the molecule is COc1c(N2CC[C@@H](C(C)(C)NCCF)C2)c(F)cc2c(=O)c3c(=O)[nH]sc3n(C3CC3)c12. The Morgan fingerprint density at radius 2 is 2.06 bits per heavy atom. The monoisotopic (exact) mass is 478 g/mol. The number of hydrogen-bond donors (Lipinski definition) is 2. The lowest BCUT2D eigenvalue weighted by molar-refractivity contribution is 0.261. The molecule has 0 bridgehead atoms. The van der Waals surface area contributed by atoms with Crippen molar-refractivity contribution in [2.45, 2.75) is 44.7 Å². The van der Waals surface area contributed by atoms with E-state index in [-0.39, 0.29) is 34.8 Å². The third-order valence-corrected chi connectivity index (χ3v) is 7.99. The summed E-state index contributed by atoms with van der Waals surface area (Å²) in [5, 5.41) is 3.50. The molecule has 1 saturated heterocycles. The van der Waals surface area contributed by atoms with Crippen molar-refractivity contribution < 1.29 is 13.5 Å². The van der Waals surface area contributed by atoms with Gasteiger partial charge >= 0.3 is 0 Å². The zero-order valence-electron chi connectivity index (χ0n) is 19.0. The van der Waals surface area contributed by atoms with E-state index in [2.05, 4.69) is 9.69 Å². The lowest BCUT2D eigenvalue weighted by atomic mass is 9.86. The highest BCUT2D eigenvalue weighted by Crippen LogP contribution is 2.46. The van der Waals surface area contributed by atoms with E-state index in [4.69, 9.17) is 4.74 Å². The first-order valence-electron chi connectivity index (χ1n) is 11.3. The zero-order chi connectivity index (χ0) is 23.5. The second-order valence-corrected chi connectivity index (χ2v) is 10.3. The first-order chi connectivity index (χ1) is 15.8. The van der Waals surface area contributed by atoms with Crippen molar-refractivity contribution in [3.05, 3.63) is 32.5 Å². The number of nitrogens with one attached hydrogen (secondary N) is 2. The summed E-state index contributed by atoms with van der Waals surface area (Å²) in [5.41, 5.74) is -0.336. The average molecular weight is 479 g/mol. The van der Waals surface area contributed by atoms with Gasteiger partial charge in [0.2, 0.25) is 5.43 Å². The molecule has 0 unspecified atom stereocenters. The van der Waals surface area contributed by atoms with Gasteiger partial charge in [-0.15, -0.1) is 0 Å². The lowest BCUT2D eigenvalue weighted by Gasteiger charge is -2.33. The van der Waals surface area contributed by atoms with Crippen LogP contribution in [0, 0.1) is 11.7 Å². The number of hydrogen-bond acceptors (Lipinski definition) is 6. The Kier molecular flexibility index (Phi) is 5.48. The van der Waals surface area contributed by atoms with Crippen LogP contribution in [-0.4, -0.2) is 47.9 Å². The van der Waals surface area contributed by atoms with Gasteiger partial charge in [0.1, 0.15) is 22.6 Å². The van der Waals surface area contributed by atoms with Gasteiger partial charge in [0.25, 0.3) is 5.56 Å². The Bertz CT molecular complexity index is 1340. The lowest BCUT2D eigenvalue weighted by Crippen LogP contribution is -2.48. The van der Waals surface area contributed by atoms with E-state index in [0.29, 0.717) is 34.9 Å². The highest BCUT2D eigenvalue weighted by molar-refractivity contribution is 7.12. The number of pyridine rings is 1. The highest BCUT2D eigenvalue weighted by atomic mass is 32.1. The number of aromatic amines is 1. The topological polar surface area (TPSA) is 79.4 Å². The Morgan fingerprint density at radius 1 is 1.30 bits per heavy atom. The molecular formula is C23H28F2N4O3S. The zero-order valence-corrected chi connectivity index (χ0v) is 19.8. The number of H-pyrrole nitrogens is 1. The number of fused-ring (bicyclic) bond motifs is 2. The number of aromatic nitrogens is 2. The molecule has 1 atom stereocenters. The molecule has 3 aromatic rings. The molecule has 2 fully saturated rings. The standard InChI is InChI=1S/C23H28F2N4O3S/c1-23(2,26-8-7-24)12-6-9-28(11-12)18-15(25)10-14-17(20(18)32-3)29(13-4-5-13)22-16(19(14)30)21(31)27-33-22/h10,12-13,26H,4-9,11H2,1-3H3,(H,27,31)/t12-/m1/s1. The van der Waals surface area contributed by atoms with Crippen molar-refractivity contribution in [1.29, 1.82) is 0 Å². The van der Waals surface area contributed by atoms with E-state index < -0.39 is 23.5 Å². The molecule has 0 amide bonds. The summed E-state index contributed by atoms with van der Waals surface area (Å²) >= 11 is 1.13. The van der Waals surface area contributed by atoms with Gasteiger partial charge < -0.3 is 19.5 Å². The quantitative estimate of drug-likeness (QED) is 0.543. The van der Waals surface area contributed by atoms with E-state index in [1.54, 1.807) is 0 Å². The Morgan fingerprint density at radius 3 is 2.73 bits per heavy atom. The number of methoxy groups -OCH3 is 1. The summed E-state index contributed by atoms with van der Waals surface area (Å²) in [7, 11) is 1.49. The predicted octanol–water partition coefficient (Wildman–Crippen LogP) is 3.55. The van der Waals surface area contributed by atoms with Crippen molar-refractivity contribution in [1.82, 2.24) is 14.3 Å². The van der Waals surface area contributed by atoms with Crippen LogP contribution in [0.25, 0.3) is 21.1 Å². The van der Waals surface area contributed by atoms with Gasteiger partial charge in [-0.1, -0.05) is 0 Å². The fourth-order valence-corrected chi connectivity index (χ4v) is 6.07. The number of benzene rings is 1. The number of anilines is 1. The second-order valence-electron chi connectivity index (χ2n) is 9.55. The molecule has 2 aliphatic rings. The maximum Gasteiger partial charge on any atom is 0.271 e. The van der Waals surface area contributed by atoms with E-state index >= 15 is 4.39 Å². The molecule has 1 aliphatic heterocycles. The van der Waals surface area contributed by atoms with Crippen LogP contribution in [0.2, 0.25) is 0 Å². The Labute approximate surface area is 193 Å². The summed E-state index contributed by atoms with van der Waals surface area (Å²) in [6, 6.07) is 1.40. The third kappa shape index (κ3) is 3.54. The third-order valence-electron chi connectivity index (χ3n) is 7.11. The molecule has 0 spiro atoms. The molecule has 0 radical (unpaired) electrons. The molecule has 1 saturated carbocycles. The maximum absolute atomic E-state index is 15.6. The molecule has 2 N–H and O–H groups in total. The smallest absolute Gasteiger partial charge is 0.271 e. The summed E-state index contributed by atoms with van der Waals surface area (Å²) in [5.74, 6) is -0.0289. The van der Waals surface area contributed by atoms with Crippen molar-refractivity contribution in [2.24, 2.45) is 5.92 Å². The Balaban J connectivity index is 1.68. The number of halogens is 2. The van der Waals surface area contributed by atoms with Gasteiger partial charge in [0.05, 0.1) is 18.0 Å². The first-order valence-corrected chi connectivity index (χ1v) is 12.1. The predicted molar refractivity (Wildman–Crippen MR) is 127 cm³/mol. The number of alkyl halides is 1. The van der Waals surface area contributed by atoms with E-state index in [0.717, 1.165) is 30.8 Å². The van der Waals surface area contributed by atoms with Crippen LogP contribution in [0.1, 0.15) is 39.2 Å².